The van der Waals surface area contributed by atoms with Crippen LogP contribution >= 0.6 is 0 Å². The second-order valence-corrected chi connectivity index (χ2v) is 3.60. The van der Waals surface area contributed by atoms with E-state index in [1.165, 1.54) is 0 Å². The van der Waals surface area contributed by atoms with E-state index in [-0.39, 0.29) is 18.0 Å². The molecule has 2 rings (SSSR count). The number of nitrogens with two attached hydrogens (primary N) is 1. The van der Waals surface area contributed by atoms with E-state index < -0.39 is 0 Å². The third kappa shape index (κ3) is 1.37. The number of carbonyl (C=O) groups is 1. The summed E-state index contributed by atoms with van der Waals surface area (Å²) < 4.78 is 0. The van der Waals surface area contributed by atoms with E-state index in [0.29, 0.717) is 6.42 Å². The van der Waals surface area contributed by atoms with Crippen LogP contribution in [0.2, 0.25) is 0 Å². The van der Waals surface area contributed by atoms with Gasteiger partial charge in [-0.3, -0.25) is 9.78 Å². The van der Waals surface area contributed by atoms with Crippen LogP contribution in [0, 0.1) is 0 Å². The Balaban J connectivity index is 2.31. The predicted octanol–water partition coefficient (Wildman–Crippen LogP) is 0.312. The third-order valence-corrected chi connectivity index (χ3v) is 2.67. The Morgan fingerprint density at radius 2 is 2.14 bits per heavy atom. The summed E-state index contributed by atoms with van der Waals surface area (Å²) in [6.45, 7) is 0. The quantitative estimate of drug-likeness (QED) is 0.695. The zero-order valence-corrected chi connectivity index (χ0v) is 8.05. The van der Waals surface area contributed by atoms with Crippen LogP contribution in [0.5, 0.6) is 0 Å². The van der Waals surface area contributed by atoms with Crippen molar-refractivity contribution in [2.24, 2.45) is 5.73 Å². The van der Waals surface area contributed by atoms with Gasteiger partial charge in [0.2, 0.25) is 5.91 Å². The fourth-order valence-corrected chi connectivity index (χ4v) is 1.93. The number of amides is 1. The van der Waals surface area contributed by atoms with Gasteiger partial charge in [-0.1, -0.05) is 0 Å². The molecule has 2 heterocycles. The van der Waals surface area contributed by atoms with Crippen LogP contribution in [-0.2, 0) is 4.79 Å². The molecule has 74 valence electrons. The van der Waals surface area contributed by atoms with Gasteiger partial charge in [-0.2, -0.15) is 0 Å². The molecule has 0 radical (unpaired) electrons. The van der Waals surface area contributed by atoms with Crippen LogP contribution in [0.4, 0.5) is 0 Å². The number of likely N-dealkylation sites (tertiary alicyclic amines) is 1. The van der Waals surface area contributed by atoms with Crippen molar-refractivity contribution >= 4 is 5.91 Å². The maximum absolute atomic E-state index is 11.4. The van der Waals surface area contributed by atoms with Crippen LogP contribution in [0.1, 0.15) is 18.0 Å². The largest absolute Gasteiger partial charge is 0.337 e. The van der Waals surface area contributed by atoms with Crippen molar-refractivity contribution in [3.63, 3.8) is 0 Å². The first-order valence-corrected chi connectivity index (χ1v) is 4.61. The van der Waals surface area contributed by atoms with E-state index in [1.54, 1.807) is 24.3 Å². The van der Waals surface area contributed by atoms with Crippen molar-refractivity contribution in [3.05, 3.63) is 30.1 Å². The van der Waals surface area contributed by atoms with Gasteiger partial charge in [0, 0.05) is 31.9 Å². The molecule has 4 nitrogen and oxygen atoms in total. The molecule has 0 aromatic carbocycles. The Hall–Kier alpha value is -1.42. The van der Waals surface area contributed by atoms with E-state index in [1.807, 2.05) is 12.1 Å². The van der Waals surface area contributed by atoms with Gasteiger partial charge in [0.25, 0.3) is 0 Å². The maximum Gasteiger partial charge on any atom is 0.224 e. The summed E-state index contributed by atoms with van der Waals surface area (Å²) in [5.74, 6) is 0.110. The molecule has 14 heavy (non-hydrogen) atoms. The van der Waals surface area contributed by atoms with Gasteiger partial charge in [-0.15, -0.1) is 0 Å². The number of nitrogens with zero attached hydrogens (tertiary/aromatic N) is 2. The molecule has 1 aromatic rings. The normalized spacial score (nSPS) is 27.0. The maximum atomic E-state index is 11.4. The number of pyridine rings is 1. The van der Waals surface area contributed by atoms with E-state index in [2.05, 4.69) is 4.98 Å². The molecular weight excluding hydrogens is 178 g/mol. The number of aromatic nitrogens is 1. The summed E-state index contributed by atoms with van der Waals surface area (Å²) in [6.07, 6.45) is 3.88. The summed E-state index contributed by atoms with van der Waals surface area (Å²) >= 11 is 0. The zero-order valence-electron chi connectivity index (χ0n) is 8.05. The molecule has 0 spiro atoms. The second-order valence-electron chi connectivity index (χ2n) is 3.60. The molecular formula is C10H13N3O. The fourth-order valence-electron chi connectivity index (χ4n) is 1.93. The first-order valence-electron chi connectivity index (χ1n) is 4.61. The van der Waals surface area contributed by atoms with Gasteiger partial charge in [0.1, 0.15) is 0 Å². The summed E-state index contributed by atoms with van der Waals surface area (Å²) in [5.41, 5.74) is 6.97. The molecule has 0 aliphatic carbocycles. The van der Waals surface area contributed by atoms with Crippen LogP contribution in [0.15, 0.2) is 24.5 Å². The average Bonchev–Trinajstić information content (AvgIpc) is 2.43. The Bertz CT molecular complexity index is 338. The summed E-state index contributed by atoms with van der Waals surface area (Å²) in [4.78, 5) is 17.0. The summed E-state index contributed by atoms with van der Waals surface area (Å²) in [6, 6.07) is 3.71. The SMILES string of the molecule is CN1C(=O)CC(N)C1c1ccncc1. The van der Waals surface area contributed by atoms with Gasteiger partial charge >= 0.3 is 0 Å². The topological polar surface area (TPSA) is 59.2 Å². The number of hydrogen-bond donors (Lipinski definition) is 1. The molecule has 2 unspecified atom stereocenters. The highest BCUT2D eigenvalue weighted by molar-refractivity contribution is 5.80. The Morgan fingerprint density at radius 3 is 2.64 bits per heavy atom. The van der Waals surface area contributed by atoms with Crippen LogP contribution in [0.3, 0.4) is 0 Å². The lowest BCUT2D eigenvalue weighted by Gasteiger charge is -2.22. The molecule has 4 heteroatoms. The monoisotopic (exact) mass is 191 g/mol. The van der Waals surface area contributed by atoms with Crippen molar-refractivity contribution in [3.8, 4) is 0 Å². The molecule has 2 N–H and O–H groups in total. The van der Waals surface area contributed by atoms with Crippen molar-refractivity contribution < 1.29 is 4.79 Å². The number of rotatable bonds is 1. The molecule has 1 aliphatic rings. The number of hydrogen-bond acceptors (Lipinski definition) is 3. The minimum atomic E-state index is -0.102. The highest BCUT2D eigenvalue weighted by Gasteiger charge is 2.35. The molecule has 1 amide bonds. The number of likely N-dealkylation sites (N-methyl/N-ethyl adjacent to an activating group) is 1. The molecule has 1 fully saturated rings. The fraction of sp³-hybridized carbons (Fsp3) is 0.400. The molecule has 1 saturated heterocycles. The van der Waals surface area contributed by atoms with Crippen molar-refractivity contribution in [2.75, 3.05) is 7.05 Å². The van der Waals surface area contributed by atoms with Gasteiger partial charge in [0.15, 0.2) is 0 Å². The predicted molar refractivity (Wildman–Crippen MR) is 52.3 cm³/mol. The zero-order chi connectivity index (χ0) is 10.1. The molecule has 1 aliphatic heterocycles. The highest BCUT2D eigenvalue weighted by atomic mass is 16.2. The molecule has 0 bridgehead atoms. The second kappa shape index (κ2) is 3.38. The van der Waals surface area contributed by atoms with E-state index in [9.17, 15) is 4.79 Å². The minimum absolute atomic E-state index is 0.00509. The van der Waals surface area contributed by atoms with Gasteiger partial charge in [-0.05, 0) is 17.7 Å². The van der Waals surface area contributed by atoms with E-state index in [0.717, 1.165) is 5.56 Å². The lowest BCUT2D eigenvalue weighted by Crippen LogP contribution is -2.30. The van der Waals surface area contributed by atoms with Gasteiger partial charge in [-0.25, -0.2) is 0 Å². The lowest BCUT2D eigenvalue weighted by atomic mass is 10.0. The minimum Gasteiger partial charge on any atom is -0.337 e. The van der Waals surface area contributed by atoms with Crippen molar-refractivity contribution in [2.45, 2.75) is 18.5 Å². The third-order valence-electron chi connectivity index (χ3n) is 2.67. The van der Waals surface area contributed by atoms with E-state index in [4.69, 9.17) is 5.73 Å². The first kappa shape index (κ1) is 9.15. The van der Waals surface area contributed by atoms with Crippen LogP contribution in [-0.4, -0.2) is 28.9 Å². The average molecular weight is 191 g/mol. The Kier molecular flexibility index (Phi) is 2.21. The summed E-state index contributed by atoms with van der Waals surface area (Å²) in [7, 11) is 1.79. The summed E-state index contributed by atoms with van der Waals surface area (Å²) in [5, 5.41) is 0. The van der Waals surface area contributed by atoms with Crippen molar-refractivity contribution in [1.29, 1.82) is 0 Å². The highest BCUT2D eigenvalue weighted by Crippen LogP contribution is 2.29. The smallest absolute Gasteiger partial charge is 0.224 e. The molecule has 0 saturated carbocycles. The molecule has 2 atom stereocenters. The lowest BCUT2D eigenvalue weighted by molar-refractivity contribution is -0.127. The standard InChI is InChI=1S/C10H13N3O/c1-13-9(14)6-8(11)10(13)7-2-4-12-5-3-7/h2-5,8,10H,6,11H2,1H3. The van der Waals surface area contributed by atoms with Crippen molar-refractivity contribution in [1.82, 2.24) is 9.88 Å². The Morgan fingerprint density at radius 1 is 1.50 bits per heavy atom. The van der Waals surface area contributed by atoms with Crippen LogP contribution < -0.4 is 5.73 Å². The molecule has 1 aromatic heterocycles. The van der Waals surface area contributed by atoms with Gasteiger partial charge < -0.3 is 10.6 Å². The van der Waals surface area contributed by atoms with Gasteiger partial charge in [0.05, 0.1) is 6.04 Å². The Labute approximate surface area is 82.7 Å². The first-order chi connectivity index (χ1) is 6.70. The van der Waals surface area contributed by atoms with Crippen LogP contribution in [0.25, 0.3) is 0 Å². The van der Waals surface area contributed by atoms with E-state index >= 15 is 0 Å². The number of carbonyl (C=O) groups excluding carboxylic acids is 1.